The highest BCUT2D eigenvalue weighted by Crippen LogP contribution is 2.43. The van der Waals surface area contributed by atoms with Gasteiger partial charge in [0.1, 0.15) is 5.41 Å². The van der Waals surface area contributed by atoms with E-state index in [2.05, 4.69) is 76.6 Å². The summed E-state index contributed by atoms with van der Waals surface area (Å²) in [5.74, 6) is 0. The molecule has 1 aliphatic carbocycles. The van der Waals surface area contributed by atoms with E-state index < -0.39 is 5.41 Å². The van der Waals surface area contributed by atoms with Gasteiger partial charge in [-0.05, 0) is 50.4 Å². The minimum atomic E-state index is -0.589. The lowest BCUT2D eigenvalue weighted by Crippen LogP contribution is -2.22. The average molecular weight is 384 g/mol. The topological polar surface area (TPSA) is 23.8 Å². The maximum absolute atomic E-state index is 9.99. The van der Waals surface area contributed by atoms with Crippen molar-refractivity contribution in [1.29, 1.82) is 5.26 Å². The van der Waals surface area contributed by atoms with Gasteiger partial charge in [-0.1, -0.05) is 82.7 Å². The first-order valence-electron chi connectivity index (χ1n) is 8.36. The molecular formula is C23H14BrN. The lowest BCUT2D eigenvalue weighted by molar-refractivity contribution is 0.697. The van der Waals surface area contributed by atoms with E-state index in [-0.39, 0.29) is 0 Å². The van der Waals surface area contributed by atoms with E-state index >= 15 is 0 Å². The van der Waals surface area contributed by atoms with E-state index in [0.29, 0.717) is 6.42 Å². The molecule has 0 saturated heterocycles. The first kappa shape index (κ1) is 14.7. The van der Waals surface area contributed by atoms with Crippen LogP contribution in [0.4, 0.5) is 0 Å². The molecule has 1 unspecified atom stereocenters. The first-order chi connectivity index (χ1) is 12.2. The van der Waals surface area contributed by atoms with Gasteiger partial charge in [0.15, 0.2) is 0 Å². The van der Waals surface area contributed by atoms with Crippen molar-refractivity contribution in [2.75, 3.05) is 0 Å². The Kier molecular flexibility index (Phi) is 3.04. The molecule has 0 spiro atoms. The van der Waals surface area contributed by atoms with Crippen molar-refractivity contribution in [3.05, 3.63) is 82.9 Å². The SMILES string of the molecule is N#CC1(c2ccc3ccc4c(Br)ccc5ccc2c3c54)C=CC=CC1. The number of halogens is 1. The van der Waals surface area contributed by atoms with Gasteiger partial charge >= 0.3 is 0 Å². The molecule has 0 heterocycles. The van der Waals surface area contributed by atoms with Gasteiger partial charge in [0.2, 0.25) is 0 Å². The van der Waals surface area contributed by atoms with Gasteiger partial charge in [-0.15, -0.1) is 0 Å². The van der Waals surface area contributed by atoms with E-state index in [4.69, 9.17) is 0 Å². The molecule has 0 aliphatic heterocycles. The Morgan fingerprint density at radius 1 is 0.840 bits per heavy atom. The van der Waals surface area contributed by atoms with Crippen molar-refractivity contribution in [3.8, 4) is 6.07 Å². The summed E-state index contributed by atoms with van der Waals surface area (Å²) in [5.41, 5.74) is 0.506. The Bertz CT molecular complexity index is 1240. The van der Waals surface area contributed by atoms with Gasteiger partial charge in [-0.25, -0.2) is 0 Å². The van der Waals surface area contributed by atoms with Crippen LogP contribution in [0.2, 0.25) is 0 Å². The van der Waals surface area contributed by atoms with Crippen LogP contribution in [0.5, 0.6) is 0 Å². The molecule has 2 heteroatoms. The van der Waals surface area contributed by atoms with E-state index in [9.17, 15) is 5.26 Å². The summed E-state index contributed by atoms with van der Waals surface area (Å²) < 4.78 is 1.11. The first-order valence-corrected chi connectivity index (χ1v) is 9.15. The molecule has 0 radical (unpaired) electrons. The summed E-state index contributed by atoms with van der Waals surface area (Å²) in [6, 6.07) is 19.8. The van der Waals surface area contributed by atoms with Crippen LogP contribution < -0.4 is 0 Å². The Morgan fingerprint density at radius 2 is 1.52 bits per heavy atom. The van der Waals surface area contributed by atoms with Gasteiger partial charge in [0, 0.05) is 4.47 Å². The van der Waals surface area contributed by atoms with E-state index in [1.807, 2.05) is 18.2 Å². The Balaban J connectivity index is 1.97. The second-order valence-electron chi connectivity index (χ2n) is 6.66. The molecule has 1 nitrogen and oxygen atoms in total. The molecule has 4 aromatic carbocycles. The highest BCUT2D eigenvalue weighted by molar-refractivity contribution is 9.10. The zero-order valence-electron chi connectivity index (χ0n) is 13.5. The molecule has 0 amide bonds. The fourth-order valence-corrected chi connectivity index (χ4v) is 4.58. The largest absolute Gasteiger partial charge is 0.197 e. The molecule has 1 aliphatic rings. The monoisotopic (exact) mass is 383 g/mol. The predicted molar refractivity (Wildman–Crippen MR) is 108 cm³/mol. The molecule has 4 aromatic rings. The zero-order chi connectivity index (χ0) is 17.0. The molecule has 0 aromatic heterocycles. The Labute approximate surface area is 154 Å². The van der Waals surface area contributed by atoms with Gasteiger partial charge in [0.25, 0.3) is 0 Å². The van der Waals surface area contributed by atoms with E-state index in [1.54, 1.807) is 0 Å². The standard InChI is InChI=1S/C23H14BrN/c24-20-11-7-16-4-8-17-19(23(14-25)12-2-1-3-13-23)10-6-15-5-9-18(20)22(16)21(15)17/h1-12H,13H2. The third-order valence-corrected chi connectivity index (χ3v) is 6.05. The number of benzene rings is 4. The Hall–Kier alpha value is -2.63. The van der Waals surface area contributed by atoms with Crippen LogP contribution in [0.15, 0.2) is 77.3 Å². The normalized spacial score (nSPS) is 19.8. The molecule has 0 saturated carbocycles. The number of rotatable bonds is 1. The number of nitriles is 1. The lowest BCUT2D eigenvalue weighted by atomic mass is 9.74. The van der Waals surface area contributed by atoms with Crippen LogP contribution in [0, 0.1) is 11.3 Å². The average Bonchev–Trinajstić information content (AvgIpc) is 2.68. The fourth-order valence-electron chi connectivity index (χ4n) is 4.12. The van der Waals surface area contributed by atoms with Crippen molar-refractivity contribution in [3.63, 3.8) is 0 Å². The summed E-state index contributed by atoms with van der Waals surface area (Å²) in [4.78, 5) is 0. The number of nitrogens with zero attached hydrogens (tertiary/aromatic N) is 1. The fraction of sp³-hybridized carbons (Fsp3) is 0.0870. The van der Waals surface area contributed by atoms with Crippen molar-refractivity contribution in [2.45, 2.75) is 11.8 Å². The predicted octanol–water partition coefficient (Wildman–Crippen LogP) is 6.62. The summed E-state index contributed by atoms with van der Waals surface area (Å²) in [5, 5.41) is 17.4. The highest BCUT2D eigenvalue weighted by Gasteiger charge is 2.31. The molecule has 0 N–H and O–H groups in total. The van der Waals surface area contributed by atoms with Gasteiger partial charge in [-0.2, -0.15) is 5.26 Å². The molecule has 5 rings (SSSR count). The van der Waals surface area contributed by atoms with Crippen molar-refractivity contribution in [2.24, 2.45) is 0 Å². The highest BCUT2D eigenvalue weighted by atomic mass is 79.9. The van der Waals surface area contributed by atoms with Gasteiger partial charge in [0.05, 0.1) is 6.07 Å². The van der Waals surface area contributed by atoms with E-state index in [0.717, 1.165) is 10.0 Å². The molecule has 118 valence electrons. The maximum atomic E-state index is 9.99. The summed E-state index contributed by atoms with van der Waals surface area (Å²) in [6.07, 6.45) is 8.84. The van der Waals surface area contributed by atoms with Crippen LogP contribution >= 0.6 is 15.9 Å². The minimum absolute atomic E-state index is 0.589. The molecule has 1 atom stereocenters. The van der Waals surface area contributed by atoms with Crippen molar-refractivity contribution < 1.29 is 0 Å². The smallest absolute Gasteiger partial charge is 0.105 e. The third-order valence-electron chi connectivity index (χ3n) is 5.36. The van der Waals surface area contributed by atoms with Crippen molar-refractivity contribution in [1.82, 2.24) is 0 Å². The van der Waals surface area contributed by atoms with Crippen LogP contribution in [-0.4, -0.2) is 0 Å². The maximum Gasteiger partial charge on any atom is 0.105 e. The third kappa shape index (κ3) is 1.94. The van der Waals surface area contributed by atoms with Gasteiger partial charge in [-0.3, -0.25) is 0 Å². The lowest BCUT2D eigenvalue weighted by Gasteiger charge is -2.26. The van der Waals surface area contributed by atoms with Crippen LogP contribution in [0.3, 0.4) is 0 Å². The molecule has 0 fully saturated rings. The summed E-state index contributed by atoms with van der Waals surface area (Å²) >= 11 is 3.69. The van der Waals surface area contributed by atoms with Crippen LogP contribution in [0.25, 0.3) is 32.3 Å². The molecular weight excluding hydrogens is 370 g/mol. The van der Waals surface area contributed by atoms with Crippen LogP contribution in [0.1, 0.15) is 12.0 Å². The zero-order valence-corrected chi connectivity index (χ0v) is 15.0. The van der Waals surface area contributed by atoms with Gasteiger partial charge < -0.3 is 0 Å². The molecule has 0 bridgehead atoms. The minimum Gasteiger partial charge on any atom is -0.197 e. The quantitative estimate of drug-likeness (QED) is 0.338. The number of hydrogen-bond acceptors (Lipinski definition) is 1. The number of hydrogen-bond donors (Lipinski definition) is 0. The second-order valence-corrected chi connectivity index (χ2v) is 7.51. The summed E-state index contributed by atoms with van der Waals surface area (Å²) in [6.45, 7) is 0. The Morgan fingerprint density at radius 3 is 2.24 bits per heavy atom. The van der Waals surface area contributed by atoms with Crippen LogP contribution in [-0.2, 0) is 5.41 Å². The molecule has 25 heavy (non-hydrogen) atoms. The second kappa shape index (κ2) is 5.18. The van der Waals surface area contributed by atoms with E-state index in [1.165, 1.54) is 32.3 Å². The number of allylic oxidation sites excluding steroid dienone is 4. The summed E-state index contributed by atoms with van der Waals surface area (Å²) in [7, 11) is 0. The van der Waals surface area contributed by atoms with Crippen molar-refractivity contribution >= 4 is 48.2 Å².